The monoisotopic (exact) mass is 568 g/mol. The molecule has 180 valence electrons. The lowest BCUT2D eigenvalue weighted by Gasteiger charge is -2.13. The number of rotatable bonds is 6. The second-order valence-corrected chi connectivity index (χ2v) is 8.42. The van der Waals surface area contributed by atoms with Gasteiger partial charge < -0.3 is 4.74 Å². The van der Waals surface area contributed by atoms with Gasteiger partial charge in [0.1, 0.15) is 23.0 Å². The van der Waals surface area contributed by atoms with Crippen molar-refractivity contribution in [3.63, 3.8) is 0 Å². The topological polar surface area (TPSA) is 68.2 Å². The molecule has 35 heavy (non-hydrogen) atoms. The van der Waals surface area contributed by atoms with E-state index in [9.17, 15) is 22.4 Å². The number of halogens is 6. The molecule has 2 N–H and O–H groups in total. The van der Waals surface area contributed by atoms with E-state index in [1.807, 2.05) is 0 Å². The SMILES string of the molecule is O=C(NNc1ccc(Oc2ccc(F)cc2)cc1)c1cc(Br)cn1-c1ncc(C(F)(F)F)cc1Cl. The first-order chi connectivity index (χ1) is 16.6. The van der Waals surface area contributed by atoms with Crippen LogP contribution in [-0.4, -0.2) is 15.5 Å². The fraction of sp³-hybridized carbons (Fsp3) is 0.0435. The van der Waals surface area contributed by atoms with Crippen LogP contribution in [0.15, 0.2) is 77.5 Å². The maximum atomic E-state index is 13.0. The molecule has 2 aromatic heterocycles. The lowest BCUT2D eigenvalue weighted by atomic mass is 10.2. The van der Waals surface area contributed by atoms with Crippen LogP contribution >= 0.6 is 27.5 Å². The van der Waals surface area contributed by atoms with Gasteiger partial charge in [0.2, 0.25) is 0 Å². The molecule has 0 aliphatic carbocycles. The number of nitrogens with one attached hydrogen (secondary N) is 2. The van der Waals surface area contributed by atoms with E-state index in [1.165, 1.54) is 41.1 Å². The molecule has 4 rings (SSSR count). The van der Waals surface area contributed by atoms with Gasteiger partial charge in [-0.2, -0.15) is 13.2 Å². The molecule has 0 spiro atoms. The van der Waals surface area contributed by atoms with Gasteiger partial charge in [-0.25, -0.2) is 9.37 Å². The fourth-order valence-electron chi connectivity index (χ4n) is 2.98. The third kappa shape index (κ3) is 5.92. The Labute approximate surface area is 209 Å². The van der Waals surface area contributed by atoms with Crippen LogP contribution in [0.3, 0.4) is 0 Å². The van der Waals surface area contributed by atoms with Crippen molar-refractivity contribution >= 4 is 39.1 Å². The van der Waals surface area contributed by atoms with Gasteiger partial charge in [0, 0.05) is 16.9 Å². The summed E-state index contributed by atoms with van der Waals surface area (Å²) in [5.41, 5.74) is 4.83. The number of pyridine rings is 1. The van der Waals surface area contributed by atoms with Gasteiger partial charge in [0.25, 0.3) is 5.91 Å². The van der Waals surface area contributed by atoms with Crippen molar-refractivity contribution in [1.29, 1.82) is 0 Å². The maximum Gasteiger partial charge on any atom is 0.417 e. The first kappa shape index (κ1) is 24.6. The summed E-state index contributed by atoms with van der Waals surface area (Å²) in [4.78, 5) is 16.6. The van der Waals surface area contributed by atoms with E-state index in [1.54, 1.807) is 24.3 Å². The molecule has 0 fully saturated rings. The summed E-state index contributed by atoms with van der Waals surface area (Å²) in [6.07, 6.45) is -2.50. The van der Waals surface area contributed by atoms with Gasteiger partial charge in [0.15, 0.2) is 5.82 Å². The minimum absolute atomic E-state index is 0.0437. The van der Waals surface area contributed by atoms with Crippen LogP contribution in [0, 0.1) is 5.82 Å². The molecule has 0 aliphatic rings. The molecular weight excluding hydrogens is 556 g/mol. The second-order valence-electron chi connectivity index (χ2n) is 7.10. The predicted octanol–water partition coefficient (Wildman–Crippen LogP) is 7.00. The molecule has 2 aromatic carbocycles. The van der Waals surface area contributed by atoms with Crippen molar-refractivity contribution < 1.29 is 27.1 Å². The number of nitrogens with zero attached hydrogens (tertiary/aromatic N) is 2. The molecule has 0 unspecified atom stereocenters. The summed E-state index contributed by atoms with van der Waals surface area (Å²) in [6.45, 7) is 0. The summed E-state index contributed by atoms with van der Waals surface area (Å²) in [6, 6.07) is 14.3. The van der Waals surface area contributed by atoms with Gasteiger partial charge in [-0.15, -0.1) is 0 Å². The van der Waals surface area contributed by atoms with E-state index < -0.39 is 17.6 Å². The van der Waals surface area contributed by atoms with Crippen LogP contribution in [0.5, 0.6) is 11.5 Å². The van der Waals surface area contributed by atoms with Crippen LogP contribution in [0.2, 0.25) is 5.02 Å². The number of carbonyl (C=O) groups is 1. The Kier molecular flexibility index (Phi) is 6.99. The summed E-state index contributed by atoms with van der Waals surface area (Å²) in [5, 5.41) is -0.276. The van der Waals surface area contributed by atoms with Crippen LogP contribution in [0.25, 0.3) is 5.82 Å². The molecule has 0 aliphatic heterocycles. The van der Waals surface area contributed by atoms with Crippen molar-refractivity contribution in [2.45, 2.75) is 6.18 Å². The average Bonchev–Trinajstić information content (AvgIpc) is 3.20. The van der Waals surface area contributed by atoms with Crippen LogP contribution in [0.1, 0.15) is 16.1 Å². The van der Waals surface area contributed by atoms with Gasteiger partial charge in [-0.05, 0) is 76.6 Å². The Hall–Kier alpha value is -3.57. The number of anilines is 1. The van der Waals surface area contributed by atoms with Gasteiger partial charge in [-0.1, -0.05) is 11.6 Å². The number of alkyl halides is 3. The van der Waals surface area contributed by atoms with E-state index in [2.05, 4.69) is 31.8 Å². The number of amides is 1. The third-order valence-corrected chi connectivity index (χ3v) is 5.33. The number of hydrogen-bond donors (Lipinski definition) is 2. The maximum absolute atomic E-state index is 13.0. The van der Waals surface area contributed by atoms with E-state index in [-0.39, 0.29) is 22.4 Å². The Morgan fingerprint density at radius 2 is 1.66 bits per heavy atom. The first-order valence-electron chi connectivity index (χ1n) is 9.81. The molecule has 1 amide bonds. The Morgan fingerprint density at radius 1 is 1.03 bits per heavy atom. The third-order valence-electron chi connectivity index (χ3n) is 4.62. The normalized spacial score (nSPS) is 11.3. The molecular formula is C23H14BrClF4N4O2. The molecule has 2 heterocycles. The number of carbonyl (C=O) groups excluding carboxylic acids is 1. The molecule has 0 atom stereocenters. The highest BCUT2D eigenvalue weighted by Crippen LogP contribution is 2.33. The molecule has 12 heteroatoms. The Morgan fingerprint density at radius 3 is 2.26 bits per heavy atom. The van der Waals surface area contributed by atoms with Crippen molar-refractivity contribution in [2.24, 2.45) is 0 Å². The standard InChI is InChI=1S/C23H14BrClF4N4O2/c24-14-10-20(33(12-14)21-19(25)9-13(11-30-21)23(27,28)29)22(34)32-31-16-3-7-18(8-4-16)35-17-5-1-15(26)2-6-17/h1-12,31H,(H,32,34). The molecule has 0 saturated carbocycles. The summed E-state index contributed by atoms with van der Waals surface area (Å²) < 4.78 is 59.1. The molecule has 0 radical (unpaired) electrons. The Balaban J connectivity index is 1.45. The highest BCUT2D eigenvalue weighted by molar-refractivity contribution is 9.10. The minimum atomic E-state index is -4.60. The van der Waals surface area contributed by atoms with Crippen molar-refractivity contribution in [2.75, 3.05) is 5.43 Å². The number of aromatic nitrogens is 2. The largest absolute Gasteiger partial charge is 0.457 e. The lowest BCUT2D eigenvalue weighted by Crippen LogP contribution is -2.31. The van der Waals surface area contributed by atoms with E-state index in [0.29, 0.717) is 27.9 Å². The number of benzene rings is 2. The summed E-state index contributed by atoms with van der Waals surface area (Å²) in [5.74, 6) is -0.0586. The van der Waals surface area contributed by atoms with Crippen LogP contribution in [-0.2, 0) is 6.18 Å². The van der Waals surface area contributed by atoms with Crippen LogP contribution < -0.4 is 15.6 Å². The molecule has 0 bridgehead atoms. The summed E-state index contributed by atoms with van der Waals surface area (Å²) in [7, 11) is 0. The zero-order valence-electron chi connectivity index (χ0n) is 17.4. The van der Waals surface area contributed by atoms with E-state index >= 15 is 0 Å². The molecule has 0 saturated heterocycles. The number of ether oxygens (including phenoxy) is 1. The van der Waals surface area contributed by atoms with Crippen molar-refractivity contribution in [3.8, 4) is 17.3 Å². The lowest BCUT2D eigenvalue weighted by molar-refractivity contribution is -0.137. The smallest absolute Gasteiger partial charge is 0.417 e. The number of hydrazine groups is 1. The molecule has 4 aromatic rings. The van der Waals surface area contributed by atoms with Gasteiger partial charge in [0.05, 0.1) is 16.3 Å². The highest BCUT2D eigenvalue weighted by atomic mass is 79.9. The predicted molar refractivity (Wildman–Crippen MR) is 125 cm³/mol. The Bertz CT molecular complexity index is 1360. The number of hydrogen-bond acceptors (Lipinski definition) is 4. The van der Waals surface area contributed by atoms with Crippen molar-refractivity contribution in [3.05, 3.63) is 99.6 Å². The van der Waals surface area contributed by atoms with Gasteiger partial charge in [-0.3, -0.25) is 20.2 Å². The van der Waals surface area contributed by atoms with E-state index in [0.717, 1.165) is 6.07 Å². The van der Waals surface area contributed by atoms with E-state index in [4.69, 9.17) is 16.3 Å². The van der Waals surface area contributed by atoms with Crippen LogP contribution in [0.4, 0.5) is 23.2 Å². The quantitative estimate of drug-likeness (QED) is 0.194. The van der Waals surface area contributed by atoms with Gasteiger partial charge >= 0.3 is 6.18 Å². The minimum Gasteiger partial charge on any atom is -0.457 e. The fourth-order valence-corrected chi connectivity index (χ4v) is 3.66. The van der Waals surface area contributed by atoms with Crippen molar-refractivity contribution in [1.82, 2.24) is 15.0 Å². The highest BCUT2D eigenvalue weighted by Gasteiger charge is 2.32. The summed E-state index contributed by atoms with van der Waals surface area (Å²) >= 11 is 9.28. The zero-order chi connectivity index (χ0) is 25.2. The molecule has 6 nitrogen and oxygen atoms in total. The first-order valence-corrected chi connectivity index (χ1v) is 11.0. The average molecular weight is 570 g/mol. The second kappa shape index (κ2) is 9.96. The zero-order valence-corrected chi connectivity index (χ0v) is 19.7.